The summed E-state index contributed by atoms with van der Waals surface area (Å²) in [6.07, 6.45) is 3.85. The number of methoxy groups -OCH3 is 1. The van der Waals surface area contributed by atoms with Crippen molar-refractivity contribution in [1.82, 2.24) is 9.38 Å². The number of sulfonamides is 1. The van der Waals surface area contributed by atoms with E-state index in [1.54, 1.807) is 24.3 Å². The molecule has 31 heavy (non-hydrogen) atoms. The van der Waals surface area contributed by atoms with Crippen LogP contribution in [0.2, 0.25) is 0 Å². The van der Waals surface area contributed by atoms with Gasteiger partial charge in [-0.15, -0.1) is 0 Å². The van der Waals surface area contributed by atoms with E-state index >= 15 is 0 Å². The molecule has 0 saturated carbocycles. The zero-order valence-corrected chi connectivity index (χ0v) is 18.3. The molecule has 2 heterocycles. The Bertz CT molecular complexity index is 1330. The number of aryl methyl sites for hydroxylation is 1. The third kappa shape index (κ3) is 4.34. The van der Waals surface area contributed by atoms with Gasteiger partial charge in [0.15, 0.2) is 0 Å². The molecule has 8 heteroatoms. The van der Waals surface area contributed by atoms with E-state index in [0.717, 1.165) is 22.5 Å². The van der Waals surface area contributed by atoms with Crippen LogP contribution in [0.3, 0.4) is 0 Å². The number of benzene rings is 2. The second-order valence-corrected chi connectivity index (χ2v) is 8.70. The van der Waals surface area contributed by atoms with Crippen LogP contribution in [0.1, 0.15) is 12.5 Å². The second kappa shape index (κ2) is 8.31. The average Bonchev–Trinajstić information content (AvgIpc) is 3.17. The molecule has 0 bridgehead atoms. The first-order valence-electron chi connectivity index (χ1n) is 9.79. The van der Waals surface area contributed by atoms with Gasteiger partial charge >= 0.3 is 0 Å². The minimum absolute atomic E-state index is 0.131. The van der Waals surface area contributed by atoms with Crippen LogP contribution >= 0.6 is 0 Å². The summed E-state index contributed by atoms with van der Waals surface area (Å²) in [5.74, 6) is 1.03. The van der Waals surface area contributed by atoms with Crippen LogP contribution < -0.4 is 14.2 Å². The molecule has 4 aromatic rings. The van der Waals surface area contributed by atoms with Gasteiger partial charge in [-0.25, -0.2) is 13.4 Å². The van der Waals surface area contributed by atoms with Gasteiger partial charge in [0.25, 0.3) is 10.0 Å². The van der Waals surface area contributed by atoms with Gasteiger partial charge in [0, 0.05) is 18.0 Å². The maximum Gasteiger partial charge on any atom is 0.262 e. The van der Waals surface area contributed by atoms with E-state index in [2.05, 4.69) is 9.71 Å². The van der Waals surface area contributed by atoms with Crippen LogP contribution in [-0.4, -0.2) is 31.5 Å². The summed E-state index contributed by atoms with van der Waals surface area (Å²) in [4.78, 5) is 4.78. The first-order valence-corrected chi connectivity index (χ1v) is 11.3. The molecule has 2 aromatic carbocycles. The number of nitrogens with zero attached hydrogens (tertiary/aromatic N) is 2. The Morgan fingerprint density at radius 3 is 2.55 bits per heavy atom. The van der Waals surface area contributed by atoms with Gasteiger partial charge in [0.1, 0.15) is 17.1 Å². The Morgan fingerprint density at radius 2 is 1.84 bits per heavy atom. The third-order valence-corrected chi connectivity index (χ3v) is 6.18. The van der Waals surface area contributed by atoms with Gasteiger partial charge in [-0.05, 0) is 74.0 Å². The predicted molar refractivity (Wildman–Crippen MR) is 120 cm³/mol. The smallest absolute Gasteiger partial charge is 0.262 e. The number of imidazole rings is 1. The van der Waals surface area contributed by atoms with E-state index in [1.165, 1.54) is 19.2 Å². The average molecular weight is 438 g/mol. The fraction of sp³-hybridized carbons (Fsp3) is 0.174. The molecule has 4 rings (SSSR count). The number of hydrogen-bond donors (Lipinski definition) is 1. The fourth-order valence-corrected chi connectivity index (χ4v) is 4.32. The molecule has 0 unspecified atom stereocenters. The van der Waals surface area contributed by atoms with Crippen LogP contribution in [-0.2, 0) is 10.0 Å². The highest BCUT2D eigenvalue weighted by Crippen LogP contribution is 2.32. The summed E-state index contributed by atoms with van der Waals surface area (Å²) >= 11 is 0. The van der Waals surface area contributed by atoms with Crippen LogP contribution in [0.4, 0.5) is 5.69 Å². The summed E-state index contributed by atoms with van der Waals surface area (Å²) < 4.78 is 41.2. The van der Waals surface area contributed by atoms with E-state index in [1.807, 2.05) is 48.8 Å². The zero-order valence-electron chi connectivity index (χ0n) is 17.5. The van der Waals surface area contributed by atoms with E-state index in [4.69, 9.17) is 9.47 Å². The molecule has 0 saturated heterocycles. The second-order valence-electron chi connectivity index (χ2n) is 7.02. The number of pyridine rings is 1. The summed E-state index contributed by atoms with van der Waals surface area (Å²) in [6, 6.07) is 15.6. The predicted octanol–water partition coefficient (Wildman–Crippen LogP) is 4.52. The Morgan fingerprint density at radius 1 is 1.06 bits per heavy atom. The lowest BCUT2D eigenvalue weighted by Crippen LogP contribution is -2.13. The highest BCUT2D eigenvalue weighted by Gasteiger charge is 2.18. The molecule has 160 valence electrons. The van der Waals surface area contributed by atoms with Crippen molar-refractivity contribution in [3.05, 3.63) is 72.6 Å². The van der Waals surface area contributed by atoms with Gasteiger partial charge in [-0.1, -0.05) is 0 Å². The Labute approximate surface area is 181 Å². The van der Waals surface area contributed by atoms with E-state index < -0.39 is 10.0 Å². The molecule has 0 aliphatic rings. The van der Waals surface area contributed by atoms with Crippen LogP contribution in [0, 0.1) is 6.92 Å². The monoisotopic (exact) mass is 437 g/mol. The van der Waals surface area contributed by atoms with Crippen molar-refractivity contribution in [3.63, 3.8) is 0 Å². The Hall–Kier alpha value is -3.52. The third-order valence-electron chi connectivity index (χ3n) is 4.80. The highest BCUT2D eigenvalue weighted by atomic mass is 32.2. The van der Waals surface area contributed by atoms with E-state index in [9.17, 15) is 8.42 Å². The van der Waals surface area contributed by atoms with Gasteiger partial charge in [0.2, 0.25) is 0 Å². The number of anilines is 1. The lowest BCUT2D eigenvalue weighted by molar-refractivity contribution is 0.340. The summed E-state index contributed by atoms with van der Waals surface area (Å²) in [7, 11) is -2.32. The molecular formula is C23H23N3O4S. The maximum atomic E-state index is 12.9. The Balaban J connectivity index is 1.68. The van der Waals surface area contributed by atoms with Crippen molar-refractivity contribution in [1.29, 1.82) is 0 Å². The van der Waals surface area contributed by atoms with Crippen molar-refractivity contribution < 1.29 is 17.9 Å². The van der Waals surface area contributed by atoms with Crippen LogP contribution in [0.15, 0.2) is 71.9 Å². The fourth-order valence-electron chi connectivity index (χ4n) is 3.26. The molecule has 0 atom stereocenters. The molecule has 7 nitrogen and oxygen atoms in total. The minimum Gasteiger partial charge on any atom is -0.495 e. The molecule has 0 amide bonds. The van der Waals surface area contributed by atoms with Crippen molar-refractivity contribution in [3.8, 4) is 22.8 Å². The van der Waals surface area contributed by atoms with Crippen molar-refractivity contribution in [2.24, 2.45) is 0 Å². The van der Waals surface area contributed by atoms with Crippen LogP contribution in [0.5, 0.6) is 11.5 Å². The molecule has 0 fully saturated rings. The topological polar surface area (TPSA) is 81.9 Å². The number of ether oxygens (including phenoxy) is 2. The lowest BCUT2D eigenvalue weighted by Gasteiger charge is -2.13. The standard InChI is InChI=1S/C23H23N3O4S/c1-4-30-18-6-8-19(9-7-18)31(27,28)25-20-14-17(5-10-22(20)29-3)21-15-26-12-11-16(2)13-23(26)24-21/h5-15,25H,4H2,1-3H3. The van der Waals surface area contributed by atoms with Gasteiger partial charge in [-0.3, -0.25) is 4.72 Å². The van der Waals surface area contributed by atoms with Gasteiger partial charge in [0.05, 0.1) is 30.0 Å². The molecule has 0 spiro atoms. The zero-order chi connectivity index (χ0) is 22.0. The number of rotatable bonds is 7. The van der Waals surface area contributed by atoms with Crippen molar-refractivity contribution in [2.75, 3.05) is 18.4 Å². The van der Waals surface area contributed by atoms with Crippen molar-refractivity contribution in [2.45, 2.75) is 18.7 Å². The molecule has 0 aliphatic carbocycles. The maximum absolute atomic E-state index is 12.9. The van der Waals surface area contributed by atoms with Gasteiger partial charge in [-0.2, -0.15) is 0 Å². The summed E-state index contributed by atoms with van der Waals surface area (Å²) in [5, 5.41) is 0. The quantitative estimate of drug-likeness (QED) is 0.460. The SMILES string of the molecule is CCOc1ccc(S(=O)(=O)Nc2cc(-c3cn4ccc(C)cc4n3)ccc2OC)cc1. The number of nitrogens with one attached hydrogen (secondary N) is 1. The molecule has 2 aromatic heterocycles. The Kier molecular flexibility index (Phi) is 5.56. The first-order chi connectivity index (χ1) is 14.9. The minimum atomic E-state index is -3.82. The van der Waals surface area contributed by atoms with Crippen molar-refractivity contribution >= 4 is 21.4 Å². The highest BCUT2D eigenvalue weighted by molar-refractivity contribution is 7.92. The number of aromatic nitrogens is 2. The summed E-state index contributed by atoms with van der Waals surface area (Å²) in [5.41, 5.74) is 3.77. The molecular weight excluding hydrogens is 414 g/mol. The first kappa shape index (κ1) is 20.7. The van der Waals surface area contributed by atoms with E-state index in [-0.39, 0.29) is 4.90 Å². The number of hydrogen-bond acceptors (Lipinski definition) is 5. The number of fused-ring (bicyclic) bond motifs is 1. The molecule has 0 radical (unpaired) electrons. The normalized spacial score (nSPS) is 11.5. The largest absolute Gasteiger partial charge is 0.495 e. The van der Waals surface area contributed by atoms with Crippen LogP contribution in [0.25, 0.3) is 16.9 Å². The molecule has 1 N–H and O–H groups in total. The summed E-state index contributed by atoms with van der Waals surface area (Å²) in [6.45, 7) is 4.39. The van der Waals surface area contributed by atoms with Gasteiger partial charge < -0.3 is 13.9 Å². The van der Waals surface area contributed by atoms with E-state index in [0.29, 0.717) is 23.8 Å². The lowest BCUT2D eigenvalue weighted by atomic mass is 10.1. The molecule has 0 aliphatic heterocycles.